The molecule has 0 saturated heterocycles. The molecule has 1 rings (SSSR count). The van der Waals surface area contributed by atoms with E-state index in [0.717, 1.165) is 11.0 Å². The topological polar surface area (TPSA) is 46.3 Å². The fourth-order valence-electron chi connectivity index (χ4n) is 1.40. The Bertz CT molecular complexity index is 385. The van der Waals surface area contributed by atoms with Crippen molar-refractivity contribution in [1.82, 2.24) is 4.90 Å². The van der Waals surface area contributed by atoms with Gasteiger partial charge >= 0.3 is 0 Å². The zero-order valence-electron chi connectivity index (χ0n) is 9.07. The monoisotopic (exact) mass is 246 g/mol. The van der Waals surface area contributed by atoms with E-state index < -0.39 is 24.7 Å². The van der Waals surface area contributed by atoms with Gasteiger partial charge in [0, 0.05) is 13.1 Å². The second kappa shape index (κ2) is 6.24. The standard InChI is InChI=1S/C11H13F3N2O/c12-9-4-2-1-3-8(9)11(17)16(6-5-15)7-10(13)14/h1-4,10H,5-7,15H2. The second-order valence-corrected chi connectivity index (χ2v) is 3.41. The van der Waals surface area contributed by atoms with E-state index in [-0.39, 0.29) is 18.7 Å². The molecule has 0 bridgehead atoms. The first kappa shape index (κ1) is 13.5. The van der Waals surface area contributed by atoms with E-state index >= 15 is 0 Å². The number of carbonyl (C=O) groups is 1. The lowest BCUT2D eigenvalue weighted by Gasteiger charge is -2.21. The Hall–Kier alpha value is -1.56. The number of nitrogens with two attached hydrogens (primary N) is 1. The molecule has 2 N–H and O–H groups in total. The van der Waals surface area contributed by atoms with Crippen LogP contribution in [0.4, 0.5) is 13.2 Å². The van der Waals surface area contributed by atoms with Gasteiger partial charge < -0.3 is 10.6 Å². The molecule has 0 aliphatic heterocycles. The van der Waals surface area contributed by atoms with Crippen LogP contribution in [0.1, 0.15) is 10.4 Å². The Morgan fingerprint density at radius 3 is 2.53 bits per heavy atom. The molecule has 1 amide bonds. The van der Waals surface area contributed by atoms with E-state index in [0.29, 0.717) is 0 Å². The van der Waals surface area contributed by atoms with Gasteiger partial charge in [0.15, 0.2) is 0 Å². The predicted molar refractivity (Wildman–Crippen MR) is 57.4 cm³/mol. The van der Waals surface area contributed by atoms with Crippen LogP contribution in [0.15, 0.2) is 24.3 Å². The zero-order valence-corrected chi connectivity index (χ0v) is 9.07. The van der Waals surface area contributed by atoms with E-state index in [1.807, 2.05) is 0 Å². The Labute approximate surface area is 97.0 Å². The van der Waals surface area contributed by atoms with Crippen LogP contribution >= 0.6 is 0 Å². The van der Waals surface area contributed by atoms with E-state index in [1.54, 1.807) is 0 Å². The molecule has 1 aromatic carbocycles. The average Bonchev–Trinajstić information content (AvgIpc) is 2.28. The molecular formula is C11H13F3N2O. The number of carbonyl (C=O) groups excluding carboxylic acids is 1. The van der Waals surface area contributed by atoms with Crippen molar-refractivity contribution in [3.8, 4) is 0 Å². The van der Waals surface area contributed by atoms with Crippen LogP contribution in [0.5, 0.6) is 0 Å². The lowest BCUT2D eigenvalue weighted by Crippen LogP contribution is -2.39. The molecule has 0 aliphatic carbocycles. The molecular weight excluding hydrogens is 233 g/mol. The van der Waals surface area contributed by atoms with Gasteiger partial charge in [0.05, 0.1) is 12.1 Å². The lowest BCUT2D eigenvalue weighted by molar-refractivity contribution is 0.0559. The van der Waals surface area contributed by atoms with Gasteiger partial charge in [-0.25, -0.2) is 13.2 Å². The summed E-state index contributed by atoms with van der Waals surface area (Å²) in [5.74, 6) is -1.50. The molecule has 0 unspecified atom stereocenters. The van der Waals surface area contributed by atoms with Crippen molar-refractivity contribution in [3.63, 3.8) is 0 Å². The summed E-state index contributed by atoms with van der Waals surface area (Å²) in [7, 11) is 0. The highest BCUT2D eigenvalue weighted by atomic mass is 19.3. The van der Waals surface area contributed by atoms with Gasteiger partial charge in [0.1, 0.15) is 5.82 Å². The molecule has 0 fully saturated rings. The van der Waals surface area contributed by atoms with E-state index in [1.165, 1.54) is 18.2 Å². The lowest BCUT2D eigenvalue weighted by atomic mass is 10.2. The third-order valence-electron chi connectivity index (χ3n) is 2.15. The van der Waals surface area contributed by atoms with Crippen LogP contribution in [0, 0.1) is 5.82 Å². The number of nitrogens with zero attached hydrogens (tertiary/aromatic N) is 1. The maximum absolute atomic E-state index is 13.3. The first-order chi connectivity index (χ1) is 8.06. The number of benzene rings is 1. The molecule has 0 saturated carbocycles. The minimum absolute atomic E-state index is 0.0303. The molecule has 1 aromatic rings. The number of hydrogen-bond donors (Lipinski definition) is 1. The molecule has 0 aliphatic rings. The molecule has 17 heavy (non-hydrogen) atoms. The van der Waals surface area contributed by atoms with Crippen molar-refractivity contribution >= 4 is 5.91 Å². The van der Waals surface area contributed by atoms with E-state index in [9.17, 15) is 18.0 Å². The molecule has 3 nitrogen and oxygen atoms in total. The van der Waals surface area contributed by atoms with E-state index in [2.05, 4.69) is 0 Å². The highest BCUT2D eigenvalue weighted by Crippen LogP contribution is 2.11. The van der Waals surface area contributed by atoms with Crippen LogP contribution in [-0.2, 0) is 0 Å². The van der Waals surface area contributed by atoms with Crippen molar-refractivity contribution in [3.05, 3.63) is 35.6 Å². The van der Waals surface area contributed by atoms with Crippen LogP contribution in [0.25, 0.3) is 0 Å². The number of rotatable bonds is 5. The Morgan fingerprint density at radius 1 is 1.35 bits per heavy atom. The summed E-state index contributed by atoms with van der Waals surface area (Å²) < 4.78 is 37.8. The Morgan fingerprint density at radius 2 is 2.00 bits per heavy atom. The largest absolute Gasteiger partial charge is 0.332 e. The summed E-state index contributed by atoms with van der Waals surface area (Å²) in [4.78, 5) is 12.6. The smallest absolute Gasteiger partial charge is 0.257 e. The van der Waals surface area contributed by atoms with Crippen LogP contribution in [0.2, 0.25) is 0 Å². The summed E-state index contributed by atoms with van der Waals surface area (Å²) >= 11 is 0. The third-order valence-corrected chi connectivity index (χ3v) is 2.15. The maximum Gasteiger partial charge on any atom is 0.257 e. The predicted octanol–water partition coefficient (Wildman–Crippen LogP) is 1.49. The molecule has 94 valence electrons. The van der Waals surface area contributed by atoms with Crippen molar-refractivity contribution in [2.24, 2.45) is 5.73 Å². The number of amides is 1. The van der Waals surface area contributed by atoms with Crippen molar-refractivity contribution in [2.45, 2.75) is 6.43 Å². The second-order valence-electron chi connectivity index (χ2n) is 3.41. The zero-order chi connectivity index (χ0) is 12.8. The van der Waals surface area contributed by atoms with Gasteiger partial charge in [-0.05, 0) is 12.1 Å². The molecule has 0 radical (unpaired) electrons. The van der Waals surface area contributed by atoms with Gasteiger partial charge in [0.25, 0.3) is 12.3 Å². The minimum atomic E-state index is -2.67. The van der Waals surface area contributed by atoms with Crippen molar-refractivity contribution < 1.29 is 18.0 Å². The van der Waals surface area contributed by atoms with Gasteiger partial charge in [0.2, 0.25) is 0 Å². The summed E-state index contributed by atoms with van der Waals surface area (Å²) in [5, 5.41) is 0. The van der Waals surface area contributed by atoms with E-state index in [4.69, 9.17) is 5.73 Å². The summed E-state index contributed by atoms with van der Waals surface area (Å²) in [6.07, 6.45) is -2.67. The Balaban J connectivity index is 2.88. The SMILES string of the molecule is NCCN(CC(F)F)C(=O)c1ccccc1F. The molecule has 0 atom stereocenters. The number of hydrogen-bond acceptors (Lipinski definition) is 2. The Kier molecular flexibility index (Phi) is 4.96. The fourth-order valence-corrected chi connectivity index (χ4v) is 1.40. The highest BCUT2D eigenvalue weighted by molar-refractivity contribution is 5.94. The minimum Gasteiger partial charge on any atom is -0.332 e. The van der Waals surface area contributed by atoms with Gasteiger partial charge in [-0.15, -0.1) is 0 Å². The summed E-state index contributed by atoms with van der Waals surface area (Å²) in [6, 6.07) is 5.26. The van der Waals surface area contributed by atoms with Crippen LogP contribution in [0.3, 0.4) is 0 Å². The number of halogens is 3. The number of alkyl halides is 2. The molecule has 6 heteroatoms. The van der Waals surface area contributed by atoms with Crippen LogP contribution in [-0.4, -0.2) is 36.9 Å². The first-order valence-corrected chi connectivity index (χ1v) is 5.08. The summed E-state index contributed by atoms with van der Waals surface area (Å²) in [5.41, 5.74) is 5.01. The third kappa shape index (κ3) is 3.74. The molecule has 0 heterocycles. The first-order valence-electron chi connectivity index (χ1n) is 5.08. The maximum atomic E-state index is 13.3. The van der Waals surface area contributed by atoms with Gasteiger partial charge in [-0.3, -0.25) is 4.79 Å². The highest BCUT2D eigenvalue weighted by Gasteiger charge is 2.21. The van der Waals surface area contributed by atoms with Gasteiger partial charge in [-0.2, -0.15) is 0 Å². The normalized spacial score (nSPS) is 10.6. The quantitative estimate of drug-likeness (QED) is 0.855. The molecule has 0 spiro atoms. The van der Waals surface area contributed by atoms with Crippen LogP contribution < -0.4 is 5.73 Å². The average molecular weight is 246 g/mol. The van der Waals surface area contributed by atoms with Crippen molar-refractivity contribution in [2.75, 3.05) is 19.6 Å². The van der Waals surface area contributed by atoms with Gasteiger partial charge in [-0.1, -0.05) is 12.1 Å². The van der Waals surface area contributed by atoms with Crippen molar-refractivity contribution in [1.29, 1.82) is 0 Å². The fraction of sp³-hybridized carbons (Fsp3) is 0.364. The molecule has 0 aromatic heterocycles. The summed E-state index contributed by atoms with van der Waals surface area (Å²) in [6.45, 7) is -0.727.